The topological polar surface area (TPSA) is 114 Å². The van der Waals surface area contributed by atoms with Crippen LogP contribution in [0.2, 0.25) is 0 Å². The third kappa shape index (κ3) is 13.2. The Hall–Kier alpha value is -2.75. The second kappa shape index (κ2) is 18.6. The maximum atomic E-state index is 14.1. The van der Waals surface area contributed by atoms with E-state index in [9.17, 15) is 19.2 Å². The molecule has 0 spiro atoms. The van der Waals surface area contributed by atoms with Gasteiger partial charge < -0.3 is 25.0 Å². The summed E-state index contributed by atoms with van der Waals surface area (Å²) in [4.78, 5) is 54.0. The molecule has 10 heteroatoms. The lowest BCUT2D eigenvalue weighted by molar-refractivity contribution is -0.144. The zero-order valence-corrected chi connectivity index (χ0v) is 26.9. The highest BCUT2D eigenvalue weighted by atomic mass is 32.1. The Kier molecular flexibility index (Phi) is 16.5. The third-order valence-corrected chi connectivity index (χ3v) is 6.88. The summed E-state index contributed by atoms with van der Waals surface area (Å²) in [6.07, 6.45) is 5.30. The summed E-state index contributed by atoms with van der Waals surface area (Å²) < 4.78 is 10.4. The fourth-order valence-corrected chi connectivity index (χ4v) is 4.82. The van der Waals surface area contributed by atoms with Gasteiger partial charge in [0.05, 0.1) is 13.0 Å². The molecule has 2 unspecified atom stereocenters. The van der Waals surface area contributed by atoms with Gasteiger partial charge in [-0.25, -0.2) is 4.79 Å². The first kappa shape index (κ1) is 36.3. The summed E-state index contributed by atoms with van der Waals surface area (Å²) in [7, 11) is 0. The van der Waals surface area contributed by atoms with Crippen molar-refractivity contribution in [3.63, 3.8) is 0 Å². The van der Waals surface area contributed by atoms with E-state index in [2.05, 4.69) is 30.2 Å². The number of rotatable bonds is 17. The highest BCUT2D eigenvalue weighted by Gasteiger charge is 2.37. The SMILES string of the molecule is CCCCCCCCN(C(=O)C(CS)NC(=O)OC(C)(C)C)C(C(=O)NCCC(=O)OCC)c1c(C)cccc1C. The monoisotopic (exact) mass is 593 g/mol. The Bertz CT molecular complexity index is 974. The number of unbranched alkanes of at least 4 members (excludes halogenated alkanes) is 5. The molecule has 232 valence electrons. The van der Waals surface area contributed by atoms with Gasteiger partial charge in [-0.05, 0) is 64.7 Å². The quantitative estimate of drug-likeness (QED) is 0.126. The van der Waals surface area contributed by atoms with Crippen LogP contribution in [0, 0.1) is 13.8 Å². The lowest BCUT2D eigenvalue weighted by Crippen LogP contribution is -2.54. The predicted molar refractivity (Wildman–Crippen MR) is 165 cm³/mol. The lowest BCUT2D eigenvalue weighted by Gasteiger charge is -2.35. The van der Waals surface area contributed by atoms with E-state index in [0.29, 0.717) is 13.0 Å². The van der Waals surface area contributed by atoms with Crippen LogP contribution in [0.4, 0.5) is 4.79 Å². The van der Waals surface area contributed by atoms with Gasteiger partial charge >= 0.3 is 12.1 Å². The summed E-state index contributed by atoms with van der Waals surface area (Å²) >= 11 is 4.36. The van der Waals surface area contributed by atoms with Crippen molar-refractivity contribution >= 4 is 36.5 Å². The van der Waals surface area contributed by atoms with E-state index in [-0.39, 0.29) is 25.3 Å². The molecule has 0 bridgehead atoms. The first-order chi connectivity index (χ1) is 19.4. The summed E-state index contributed by atoms with van der Waals surface area (Å²) in [5, 5.41) is 5.49. The Morgan fingerprint density at radius 1 is 0.976 bits per heavy atom. The van der Waals surface area contributed by atoms with E-state index in [0.717, 1.165) is 48.8 Å². The molecule has 2 N–H and O–H groups in total. The number of benzene rings is 1. The van der Waals surface area contributed by atoms with Crippen LogP contribution in [0.1, 0.15) is 102 Å². The van der Waals surface area contributed by atoms with Crippen LogP contribution < -0.4 is 10.6 Å². The van der Waals surface area contributed by atoms with E-state index >= 15 is 0 Å². The molecule has 0 saturated carbocycles. The molecule has 1 aromatic carbocycles. The van der Waals surface area contributed by atoms with Gasteiger partial charge in [0, 0.05) is 18.8 Å². The molecular weight excluding hydrogens is 542 g/mol. The van der Waals surface area contributed by atoms with E-state index < -0.39 is 41.6 Å². The molecule has 0 aromatic heterocycles. The molecule has 0 aliphatic rings. The van der Waals surface area contributed by atoms with Crippen molar-refractivity contribution in [3.05, 3.63) is 34.9 Å². The molecule has 0 aliphatic heterocycles. The number of alkyl carbamates (subject to hydrolysis) is 1. The number of carbonyl (C=O) groups excluding carboxylic acids is 4. The molecule has 0 fully saturated rings. The number of ether oxygens (including phenoxy) is 2. The van der Waals surface area contributed by atoms with Crippen molar-refractivity contribution in [1.29, 1.82) is 0 Å². The van der Waals surface area contributed by atoms with E-state index in [1.165, 1.54) is 0 Å². The van der Waals surface area contributed by atoms with Gasteiger partial charge in [-0.3, -0.25) is 14.4 Å². The van der Waals surface area contributed by atoms with Gasteiger partial charge in [0.2, 0.25) is 11.8 Å². The molecule has 3 amide bonds. The number of esters is 1. The van der Waals surface area contributed by atoms with E-state index in [1.807, 2.05) is 32.0 Å². The minimum Gasteiger partial charge on any atom is -0.466 e. The molecule has 1 aromatic rings. The second-order valence-corrected chi connectivity index (χ2v) is 11.6. The standard InChI is InChI=1S/C31H51N3O6S/c1-8-10-11-12-13-14-20-34(29(37)24(21-41)33-30(38)40-31(5,6)7)27(26-22(3)16-15-17-23(26)4)28(36)32-19-18-25(35)39-9-2/h15-17,24,27,41H,8-14,18-21H2,1-7H3,(H,32,36)(H,33,38). The van der Waals surface area contributed by atoms with Crippen molar-refractivity contribution in [2.45, 2.75) is 111 Å². The minimum atomic E-state index is -1.01. The Morgan fingerprint density at radius 3 is 2.15 bits per heavy atom. The Morgan fingerprint density at radius 2 is 1.59 bits per heavy atom. The van der Waals surface area contributed by atoms with Gasteiger partial charge in [0.15, 0.2) is 0 Å². The molecule has 0 radical (unpaired) electrons. The third-order valence-electron chi connectivity index (χ3n) is 6.52. The molecule has 9 nitrogen and oxygen atoms in total. The number of hydrogen-bond donors (Lipinski definition) is 3. The number of amides is 3. The average Bonchev–Trinajstić information content (AvgIpc) is 2.88. The molecule has 1 rings (SSSR count). The lowest BCUT2D eigenvalue weighted by atomic mass is 9.93. The average molecular weight is 594 g/mol. The van der Waals surface area contributed by atoms with Crippen LogP contribution in [-0.4, -0.2) is 65.9 Å². The van der Waals surface area contributed by atoms with Crippen LogP contribution in [0.5, 0.6) is 0 Å². The van der Waals surface area contributed by atoms with Gasteiger partial charge in [-0.15, -0.1) is 0 Å². The number of nitrogens with one attached hydrogen (secondary N) is 2. The van der Waals surface area contributed by atoms with Crippen LogP contribution >= 0.6 is 12.6 Å². The zero-order chi connectivity index (χ0) is 31.0. The number of nitrogens with zero attached hydrogens (tertiary/aromatic N) is 1. The number of aryl methyl sites for hydroxylation is 2. The van der Waals surface area contributed by atoms with Gasteiger partial charge in [-0.1, -0.05) is 57.2 Å². The Balaban J connectivity index is 3.41. The number of hydrogen-bond acceptors (Lipinski definition) is 7. The smallest absolute Gasteiger partial charge is 0.408 e. The number of carbonyl (C=O) groups is 4. The Labute approximate surface area is 251 Å². The summed E-state index contributed by atoms with van der Waals surface area (Å²) in [6, 6.07) is 3.74. The highest BCUT2D eigenvalue weighted by molar-refractivity contribution is 7.80. The molecule has 41 heavy (non-hydrogen) atoms. The largest absolute Gasteiger partial charge is 0.466 e. The van der Waals surface area contributed by atoms with Crippen molar-refractivity contribution in [2.75, 3.05) is 25.4 Å². The van der Waals surface area contributed by atoms with Crippen LogP contribution in [0.3, 0.4) is 0 Å². The second-order valence-electron chi connectivity index (χ2n) is 11.2. The van der Waals surface area contributed by atoms with E-state index in [1.54, 1.807) is 32.6 Å². The van der Waals surface area contributed by atoms with Crippen LogP contribution in [0.25, 0.3) is 0 Å². The maximum Gasteiger partial charge on any atom is 0.408 e. The normalized spacial score (nSPS) is 12.7. The molecular formula is C31H51N3O6S. The van der Waals surface area contributed by atoms with Crippen LogP contribution in [-0.2, 0) is 23.9 Å². The first-order valence-corrected chi connectivity index (χ1v) is 15.4. The summed E-state index contributed by atoms with van der Waals surface area (Å²) in [5.41, 5.74) is 1.69. The van der Waals surface area contributed by atoms with Gasteiger partial charge in [0.25, 0.3) is 0 Å². The molecule has 0 aliphatic carbocycles. The predicted octanol–water partition coefficient (Wildman–Crippen LogP) is 5.43. The minimum absolute atomic E-state index is 0.0178. The number of thiol groups is 1. The molecule has 0 heterocycles. The van der Waals surface area contributed by atoms with Crippen molar-refractivity contribution < 1.29 is 28.7 Å². The molecule has 0 saturated heterocycles. The van der Waals surface area contributed by atoms with Gasteiger partial charge in [-0.2, -0.15) is 12.6 Å². The maximum absolute atomic E-state index is 14.1. The van der Waals surface area contributed by atoms with Crippen molar-refractivity contribution in [3.8, 4) is 0 Å². The highest BCUT2D eigenvalue weighted by Crippen LogP contribution is 2.29. The fourth-order valence-electron chi connectivity index (χ4n) is 4.57. The van der Waals surface area contributed by atoms with E-state index in [4.69, 9.17) is 9.47 Å². The summed E-state index contributed by atoms with van der Waals surface area (Å²) in [5.74, 6) is -1.21. The zero-order valence-electron chi connectivity index (χ0n) is 26.0. The van der Waals surface area contributed by atoms with Gasteiger partial charge in [0.1, 0.15) is 17.7 Å². The summed E-state index contributed by atoms with van der Waals surface area (Å²) in [6.45, 7) is 13.6. The van der Waals surface area contributed by atoms with Crippen molar-refractivity contribution in [2.24, 2.45) is 0 Å². The van der Waals surface area contributed by atoms with Crippen molar-refractivity contribution in [1.82, 2.24) is 15.5 Å². The fraction of sp³-hybridized carbons (Fsp3) is 0.677. The van der Waals surface area contributed by atoms with Crippen LogP contribution in [0.15, 0.2) is 18.2 Å². The first-order valence-electron chi connectivity index (χ1n) is 14.8. The molecule has 2 atom stereocenters.